The van der Waals surface area contributed by atoms with Crippen LogP contribution in [0.15, 0.2) is 88.7 Å². The molecule has 0 bridgehead atoms. The summed E-state index contributed by atoms with van der Waals surface area (Å²) in [6.07, 6.45) is 1.39. The molecule has 3 aromatic rings. The number of ketones is 1. The largest absolute Gasteiger partial charge is 0.503 e. The molecule has 0 fully saturated rings. The number of benzene rings is 2. The maximum atomic E-state index is 13.0. The number of anilines is 1. The first kappa shape index (κ1) is 16.8. The molecule has 2 heterocycles. The van der Waals surface area contributed by atoms with Gasteiger partial charge < -0.3 is 9.52 Å². The summed E-state index contributed by atoms with van der Waals surface area (Å²) in [5.41, 5.74) is 2.41. The molecule has 1 amide bonds. The Kier molecular flexibility index (Phi) is 4.12. The van der Waals surface area contributed by atoms with Gasteiger partial charge in [0.05, 0.1) is 17.9 Å². The van der Waals surface area contributed by atoms with Crippen LogP contribution in [0.2, 0.25) is 0 Å². The minimum atomic E-state index is -0.738. The third kappa shape index (κ3) is 2.83. The van der Waals surface area contributed by atoms with E-state index in [9.17, 15) is 14.7 Å². The second-order valence-corrected chi connectivity index (χ2v) is 6.39. The molecule has 0 unspecified atom stereocenters. The van der Waals surface area contributed by atoms with E-state index in [4.69, 9.17) is 4.42 Å². The van der Waals surface area contributed by atoms with Crippen LogP contribution in [0.25, 0.3) is 0 Å². The third-order valence-corrected chi connectivity index (χ3v) is 4.63. The zero-order chi connectivity index (χ0) is 19.0. The number of para-hydroxylation sites is 1. The van der Waals surface area contributed by atoms with Crippen LogP contribution in [0.5, 0.6) is 0 Å². The molecule has 1 N–H and O–H groups in total. The van der Waals surface area contributed by atoms with Gasteiger partial charge in [-0.3, -0.25) is 14.5 Å². The SMILES string of the molecule is Cc1ccc([C@@H]2C(C(=O)c3ccco3)=C(O)C(=O)N2c2ccccc2)cc1. The fraction of sp³-hybridized carbons (Fsp3) is 0.0909. The molecule has 27 heavy (non-hydrogen) atoms. The van der Waals surface area contributed by atoms with Gasteiger partial charge >= 0.3 is 0 Å². The first-order chi connectivity index (χ1) is 13.1. The monoisotopic (exact) mass is 359 g/mol. The fourth-order valence-corrected chi connectivity index (χ4v) is 3.30. The Morgan fingerprint density at radius 3 is 2.33 bits per heavy atom. The molecule has 0 radical (unpaired) electrons. The van der Waals surface area contributed by atoms with Crippen LogP contribution in [-0.4, -0.2) is 16.8 Å². The number of Topliss-reactive ketones (excluding diaryl/α,β-unsaturated/α-hetero) is 1. The number of nitrogens with zero attached hydrogens (tertiary/aromatic N) is 1. The molecule has 4 rings (SSSR count). The zero-order valence-corrected chi connectivity index (χ0v) is 14.6. The molecule has 1 aliphatic rings. The van der Waals surface area contributed by atoms with Crippen molar-refractivity contribution in [3.8, 4) is 0 Å². The van der Waals surface area contributed by atoms with Crippen LogP contribution in [-0.2, 0) is 4.79 Å². The quantitative estimate of drug-likeness (QED) is 0.702. The molecular formula is C22H17NO4. The van der Waals surface area contributed by atoms with E-state index in [2.05, 4.69) is 0 Å². The standard InChI is InChI=1S/C22H17NO4/c1-14-9-11-15(12-10-14)19-18(20(24)17-8-5-13-27-17)21(25)22(26)23(19)16-6-3-2-4-7-16/h2-13,19,25H,1H3/t19-/m1/s1. The van der Waals surface area contributed by atoms with Crippen molar-refractivity contribution in [3.63, 3.8) is 0 Å². The van der Waals surface area contributed by atoms with Gasteiger partial charge in [-0.1, -0.05) is 48.0 Å². The van der Waals surface area contributed by atoms with E-state index in [1.54, 1.807) is 30.3 Å². The number of amides is 1. The van der Waals surface area contributed by atoms with Crippen molar-refractivity contribution < 1.29 is 19.1 Å². The van der Waals surface area contributed by atoms with Gasteiger partial charge in [-0.15, -0.1) is 0 Å². The lowest BCUT2D eigenvalue weighted by molar-refractivity contribution is -0.117. The molecule has 5 heteroatoms. The lowest BCUT2D eigenvalue weighted by Gasteiger charge is -2.26. The highest BCUT2D eigenvalue weighted by Gasteiger charge is 2.45. The van der Waals surface area contributed by atoms with Gasteiger partial charge in [0.1, 0.15) is 0 Å². The second-order valence-electron chi connectivity index (χ2n) is 6.39. The first-order valence-corrected chi connectivity index (χ1v) is 8.54. The summed E-state index contributed by atoms with van der Waals surface area (Å²) in [6.45, 7) is 1.96. The third-order valence-electron chi connectivity index (χ3n) is 4.63. The average Bonchev–Trinajstić information content (AvgIpc) is 3.31. The van der Waals surface area contributed by atoms with Crippen LogP contribution in [0, 0.1) is 6.92 Å². The minimum Gasteiger partial charge on any atom is -0.503 e. The van der Waals surface area contributed by atoms with Crippen molar-refractivity contribution in [2.75, 3.05) is 4.90 Å². The molecule has 0 aliphatic carbocycles. The Hall–Kier alpha value is -3.60. The van der Waals surface area contributed by atoms with Crippen LogP contribution in [0.4, 0.5) is 5.69 Å². The Balaban J connectivity index is 1.88. The maximum Gasteiger partial charge on any atom is 0.294 e. The number of hydrogen-bond acceptors (Lipinski definition) is 4. The van der Waals surface area contributed by atoms with Gasteiger partial charge in [0.2, 0.25) is 5.78 Å². The molecule has 0 spiro atoms. The summed E-state index contributed by atoms with van der Waals surface area (Å²) in [5, 5.41) is 10.6. The van der Waals surface area contributed by atoms with Crippen LogP contribution in [0.1, 0.15) is 27.7 Å². The van der Waals surface area contributed by atoms with E-state index >= 15 is 0 Å². The van der Waals surface area contributed by atoms with Gasteiger partial charge in [0.25, 0.3) is 5.91 Å². The van der Waals surface area contributed by atoms with Crippen molar-refractivity contribution in [1.29, 1.82) is 0 Å². The maximum absolute atomic E-state index is 13.0. The lowest BCUT2D eigenvalue weighted by Crippen LogP contribution is -2.31. The highest BCUT2D eigenvalue weighted by Crippen LogP contribution is 2.41. The Bertz CT molecular complexity index is 1020. The molecule has 5 nitrogen and oxygen atoms in total. The van der Waals surface area contributed by atoms with Gasteiger partial charge in [-0.2, -0.15) is 0 Å². The first-order valence-electron chi connectivity index (χ1n) is 8.54. The van der Waals surface area contributed by atoms with Gasteiger partial charge in [-0.05, 0) is 36.8 Å². The number of hydrogen-bond donors (Lipinski definition) is 1. The number of carbonyl (C=O) groups excluding carboxylic acids is 2. The summed E-state index contributed by atoms with van der Waals surface area (Å²) in [6, 6.07) is 18.9. The van der Waals surface area contributed by atoms with E-state index in [1.165, 1.54) is 17.2 Å². The van der Waals surface area contributed by atoms with E-state index in [1.807, 2.05) is 37.3 Å². The molecule has 0 saturated carbocycles. The van der Waals surface area contributed by atoms with Crippen molar-refractivity contribution in [2.45, 2.75) is 13.0 Å². The Labute approximate surface area is 156 Å². The second kappa shape index (κ2) is 6.61. The summed E-state index contributed by atoms with van der Waals surface area (Å²) >= 11 is 0. The predicted molar refractivity (Wildman–Crippen MR) is 101 cm³/mol. The number of rotatable bonds is 4. The zero-order valence-electron chi connectivity index (χ0n) is 14.6. The molecule has 1 aromatic heterocycles. The number of carbonyl (C=O) groups is 2. The van der Waals surface area contributed by atoms with Crippen LogP contribution < -0.4 is 4.90 Å². The Morgan fingerprint density at radius 2 is 1.70 bits per heavy atom. The molecule has 1 atom stereocenters. The molecular weight excluding hydrogens is 342 g/mol. The molecule has 1 aliphatic heterocycles. The summed E-state index contributed by atoms with van der Waals surface area (Å²) in [5.74, 6) is -1.58. The van der Waals surface area contributed by atoms with Crippen molar-refractivity contribution in [1.82, 2.24) is 0 Å². The molecule has 2 aromatic carbocycles. The molecule has 134 valence electrons. The smallest absolute Gasteiger partial charge is 0.294 e. The minimum absolute atomic E-state index is 0.0163. The van der Waals surface area contributed by atoms with Crippen molar-refractivity contribution >= 4 is 17.4 Å². The fourth-order valence-electron chi connectivity index (χ4n) is 3.30. The number of aliphatic hydroxyl groups excluding tert-OH is 1. The topological polar surface area (TPSA) is 70.7 Å². The predicted octanol–water partition coefficient (Wildman–Crippen LogP) is 4.37. The summed E-state index contributed by atoms with van der Waals surface area (Å²) in [7, 11) is 0. The number of aryl methyl sites for hydroxylation is 1. The number of aliphatic hydroxyl groups is 1. The number of furan rings is 1. The summed E-state index contributed by atoms with van der Waals surface area (Å²) < 4.78 is 5.21. The highest BCUT2D eigenvalue weighted by atomic mass is 16.3. The van der Waals surface area contributed by atoms with E-state index in [0.29, 0.717) is 5.69 Å². The average molecular weight is 359 g/mol. The summed E-state index contributed by atoms with van der Waals surface area (Å²) in [4.78, 5) is 27.3. The van der Waals surface area contributed by atoms with Crippen molar-refractivity contribution in [3.05, 3.63) is 101 Å². The highest BCUT2D eigenvalue weighted by molar-refractivity contribution is 6.20. The molecule has 0 saturated heterocycles. The van der Waals surface area contributed by atoms with E-state index < -0.39 is 23.5 Å². The Morgan fingerprint density at radius 1 is 1.00 bits per heavy atom. The van der Waals surface area contributed by atoms with Gasteiger partial charge in [0.15, 0.2) is 11.5 Å². The van der Waals surface area contributed by atoms with Crippen LogP contribution in [0.3, 0.4) is 0 Å². The normalized spacial score (nSPS) is 16.9. The van der Waals surface area contributed by atoms with E-state index in [0.717, 1.165) is 11.1 Å². The van der Waals surface area contributed by atoms with E-state index in [-0.39, 0.29) is 11.3 Å². The van der Waals surface area contributed by atoms with Crippen molar-refractivity contribution in [2.24, 2.45) is 0 Å². The lowest BCUT2D eigenvalue weighted by atomic mass is 9.94. The van der Waals surface area contributed by atoms with Crippen LogP contribution >= 0.6 is 0 Å². The van der Waals surface area contributed by atoms with Gasteiger partial charge in [-0.25, -0.2) is 0 Å². The van der Waals surface area contributed by atoms with Gasteiger partial charge in [0, 0.05) is 5.69 Å².